The van der Waals surface area contributed by atoms with Crippen molar-refractivity contribution in [3.63, 3.8) is 0 Å². The smallest absolute Gasteiger partial charge is 0.305 e. The fourth-order valence-electron chi connectivity index (χ4n) is 3.14. The molecule has 3 aromatic rings. The van der Waals surface area contributed by atoms with Gasteiger partial charge in [-0.1, -0.05) is 6.07 Å². The number of oxazole rings is 1. The second kappa shape index (κ2) is 7.29. The number of nitrogens with two attached hydrogens (primary N) is 2. The Morgan fingerprint density at radius 2 is 2.18 bits per heavy atom. The van der Waals surface area contributed by atoms with Gasteiger partial charge in [-0.3, -0.25) is 9.80 Å². The van der Waals surface area contributed by atoms with Crippen LogP contribution in [0.5, 0.6) is 0 Å². The first-order valence-corrected chi connectivity index (χ1v) is 8.62. The van der Waals surface area contributed by atoms with Crippen molar-refractivity contribution in [2.45, 2.75) is 12.5 Å². The lowest BCUT2D eigenvalue weighted by molar-refractivity contribution is -0.138. The van der Waals surface area contributed by atoms with Gasteiger partial charge in [0.2, 0.25) is 0 Å². The quantitative estimate of drug-likeness (QED) is 0.422. The summed E-state index contributed by atoms with van der Waals surface area (Å²) in [4.78, 5) is 23.2. The maximum absolute atomic E-state index is 10.6. The number of rotatable bonds is 7. The van der Waals surface area contributed by atoms with Crippen molar-refractivity contribution in [2.24, 2.45) is 0 Å². The molecule has 0 bridgehead atoms. The molecule has 146 valence electrons. The molecule has 0 saturated heterocycles. The number of anilines is 3. The Bertz CT molecular complexity index is 1020. The highest BCUT2D eigenvalue weighted by Crippen LogP contribution is 2.38. The minimum absolute atomic E-state index is 0.0391. The summed E-state index contributed by atoms with van der Waals surface area (Å²) in [6.45, 7) is 0.934. The number of nitrogens with zero attached hydrogens (tertiary/aromatic N) is 4. The number of aliphatic carboxylic acids is 1. The molecule has 6 N–H and O–H groups in total. The third kappa shape index (κ3) is 3.40. The summed E-state index contributed by atoms with van der Waals surface area (Å²) in [5.41, 5.74) is 18.0. The summed E-state index contributed by atoms with van der Waals surface area (Å²) in [5.74, 6) is 0.129. The minimum atomic E-state index is -0.894. The van der Waals surface area contributed by atoms with Gasteiger partial charge in [0.05, 0.1) is 37.8 Å². The van der Waals surface area contributed by atoms with Gasteiger partial charge in [0.25, 0.3) is 6.01 Å². The third-order valence-corrected chi connectivity index (χ3v) is 4.40. The molecule has 28 heavy (non-hydrogen) atoms. The van der Waals surface area contributed by atoms with Gasteiger partial charge in [-0.2, -0.15) is 4.98 Å². The van der Waals surface area contributed by atoms with Gasteiger partial charge in [0.1, 0.15) is 17.7 Å². The summed E-state index contributed by atoms with van der Waals surface area (Å²) in [6.07, 6.45) is 1.36. The lowest BCUT2D eigenvalue weighted by atomic mass is 10.0. The molecule has 3 heterocycles. The van der Waals surface area contributed by atoms with E-state index in [-0.39, 0.29) is 25.1 Å². The zero-order valence-corrected chi connectivity index (χ0v) is 14.8. The van der Waals surface area contributed by atoms with Crippen LogP contribution in [0.3, 0.4) is 0 Å². The van der Waals surface area contributed by atoms with Gasteiger partial charge in [-0.05, 0) is 17.7 Å². The number of ether oxygens (including phenoxy) is 1. The van der Waals surface area contributed by atoms with Crippen LogP contribution in [0.15, 0.2) is 28.9 Å². The molecule has 1 aliphatic heterocycles. The van der Waals surface area contributed by atoms with Crippen LogP contribution in [-0.4, -0.2) is 45.8 Å². The molecule has 11 heteroatoms. The van der Waals surface area contributed by atoms with E-state index in [9.17, 15) is 4.79 Å². The molecule has 2 aromatic heterocycles. The Morgan fingerprint density at radius 1 is 1.32 bits per heavy atom. The van der Waals surface area contributed by atoms with E-state index in [0.29, 0.717) is 35.9 Å². The van der Waals surface area contributed by atoms with Crippen LogP contribution in [0.25, 0.3) is 11.1 Å². The largest absolute Gasteiger partial charge is 0.481 e. The monoisotopic (exact) mass is 385 g/mol. The average molecular weight is 385 g/mol. The Labute approximate surface area is 159 Å². The van der Waals surface area contributed by atoms with E-state index < -0.39 is 5.97 Å². The number of nitrogens with one attached hydrogen (secondary N) is 1. The molecule has 11 nitrogen and oxygen atoms in total. The molecule has 1 aromatic carbocycles. The highest BCUT2D eigenvalue weighted by Gasteiger charge is 2.33. The van der Waals surface area contributed by atoms with Gasteiger partial charge in [0, 0.05) is 0 Å². The number of nitrogen functional groups attached to an aromatic ring is 2. The minimum Gasteiger partial charge on any atom is -0.481 e. The van der Waals surface area contributed by atoms with E-state index >= 15 is 0 Å². The summed E-state index contributed by atoms with van der Waals surface area (Å²) >= 11 is 0. The number of hydrogen-bond acceptors (Lipinski definition) is 10. The van der Waals surface area contributed by atoms with Gasteiger partial charge in [0.15, 0.2) is 11.4 Å². The molecule has 1 unspecified atom stereocenters. The second-order valence-electron chi connectivity index (χ2n) is 6.25. The van der Waals surface area contributed by atoms with Crippen molar-refractivity contribution >= 4 is 34.7 Å². The number of hydrazine groups is 1. The number of benzene rings is 1. The van der Waals surface area contributed by atoms with Crippen LogP contribution in [-0.2, 0) is 9.53 Å². The molecule has 1 atom stereocenters. The van der Waals surface area contributed by atoms with Gasteiger partial charge in [-0.25, -0.2) is 15.4 Å². The Morgan fingerprint density at radius 3 is 3.00 bits per heavy atom. The first kappa shape index (κ1) is 17.9. The second-order valence-corrected chi connectivity index (χ2v) is 6.25. The van der Waals surface area contributed by atoms with E-state index in [1.54, 1.807) is 6.07 Å². The molecule has 4 rings (SSSR count). The molecule has 0 radical (unpaired) electrons. The maximum Gasteiger partial charge on any atom is 0.305 e. The number of carboxylic acid groups (broad SMARTS) is 1. The SMILES string of the molecule is Nc1nc2cc(C3NN(CCOCCC(=O)O)c4ncnc(N)c43)ccc2o1. The zero-order valence-electron chi connectivity index (χ0n) is 14.8. The number of fused-ring (bicyclic) bond motifs is 2. The third-order valence-electron chi connectivity index (χ3n) is 4.40. The molecular formula is C17H19N7O4. The molecule has 1 aliphatic rings. The van der Waals surface area contributed by atoms with Crippen LogP contribution in [0.4, 0.5) is 17.7 Å². The lowest BCUT2D eigenvalue weighted by Gasteiger charge is -2.20. The van der Waals surface area contributed by atoms with Crippen molar-refractivity contribution in [3.8, 4) is 0 Å². The highest BCUT2D eigenvalue weighted by molar-refractivity contribution is 5.76. The predicted molar refractivity (Wildman–Crippen MR) is 100 cm³/mol. The summed E-state index contributed by atoms with van der Waals surface area (Å²) in [5, 5.41) is 10.5. The van der Waals surface area contributed by atoms with E-state index in [1.807, 2.05) is 17.1 Å². The number of aromatic nitrogens is 3. The lowest BCUT2D eigenvalue weighted by Crippen LogP contribution is -2.37. The molecule has 0 spiro atoms. The molecular weight excluding hydrogens is 366 g/mol. The fourth-order valence-corrected chi connectivity index (χ4v) is 3.14. The fraction of sp³-hybridized carbons (Fsp3) is 0.294. The van der Waals surface area contributed by atoms with Crippen molar-refractivity contribution in [2.75, 3.05) is 36.2 Å². The molecule has 0 aliphatic carbocycles. The van der Waals surface area contributed by atoms with Crippen LogP contribution < -0.4 is 21.9 Å². The Balaban J connectivity index is 1.56. The van der Waals surface area contributed by atoms with Crippen molar-refractivity contribution < 1.29 is 19.1 Å². The summed E-state index contributed by atoms with van der Waals surface area (Å²) in [7, 11) is 0. The number of carbonyl (C=O) groups is 1. The topological polar surface area (TPSA) is 166 Å². The molecule has 0 fully saturated rings. The van der Waals surface area contributed by atoms with Crippen molar-refractivity contribution in [1.82, 2.24) is 20.4 Å². The number of hydrogen-bond donors (Lipinski definition) is 4. The summed E-state index contributed by atoms with van der Waals surface area (Å²) in [6, 6.07) is 5.39. The Hall–Kier alpha value is -3.44. The normalized spacial score (nSPS) is 15.9. The van der Waals surface area contributed by atoms with E-state index in [0.717, 1.165) is 11.1 Å². The maximum atomic E-state index is 10.6. The van der Waals surface area contributed by atoms with Gasteiger partial charge in [-0.15, -0.1) is 0 Å². The molecule has 0 amide bonds. The Kier molecular flexibility index (Phi) is 4.67. The van der Waals surface area contributed by atoms with E-state index in [4.69, 9.17) is 25.7 Å². The zero-order chi connectivity index (χ0) is 19.7. The first-order valence-electron chi connectivity index (χ1n) is 8.62. The van der Waals surface area contributed by atoms with Crippen LogP contribution in [0.2, 0.25) is 0 Å². The van der Waals surface area contributed by atoms with Crippen LogP contribution in [0.1, 0.15) is 23.6 Å². The predicted octanol–water partition coefficient (Wildman–Crippen LogP) is 0.688. The van der Waals surface area contributed by atoms with Crippen LogP contribution >= 0.6 is 0 Å². The van der Waals surface area contributed by atoms with Gasteiger partial charge < -0.3 is 25.7 Å². The van der Waals surface area contributed by atoms with Crippen LogP contribution in [0, 0.1) is 0 Å². The van der Waals surface area contributed by atoms with Crippen molar-refractivity contribution in [1.29, 1.82) is 0 Å². The van der Waals surface area contributed by atoms with E-state index in [1.165, 1.54) is 6.33 Å². The standard InChI is InChI=1S/C17H19N7O4/c18-15-13-14(9-1-2-11-10(7-9)22-17(19)28-11)23-24(16(13)21-8-20-15)4-6-27-5-3-12(25)26/h1-2,7-8,14,23H,3-6H2,(H2,19,22)(H,25,26)(H2,18,20,21). The first-order chi connectivity index (χ1) is 13.5. The summed E-state index contributed by atoms with van der Waals surface area (Å²) < 4.78 is 10.7. The van der Waals surface area contributed by atoms with Gasteiger partial charge >= 0.3 is 5.97 Å². The highest BCUT2D eigenvalue weighted by atomic mass is 16.5. The molecule has 0 saturated carbocycles. The average Bonchev–Trinajstić information content (AvgIpc) is 3.21. The van der Waals surface area contributed by atoms with Crippen molar-refractivity contribution in [3.05, 3.63) is 35.7 Å². The van der Waals surface area contributed by atoms with E-state index in [2.05, 4.69) is 20.4 Å². The number of carboxylic acids is 1.